The fourth-order valence-corrected chi connectivity index (χ4v) is 5.14. The lowest BCUT2D eigenvalue weighted by molar-refractivity contribution is -0.0334. The van der Waals surface area contributed by atoms with E-state index in [4.69, 9.17) is 14.3 Å². The summed E-state index contributed by atoms with van der Waals surface area (Å²) in [5.74, 6) is 1.08. The summed E-state index contributed by atoms with van der Waals surface area (Å²) in [5.41, 5.74) is 1.23. The summed E-state index contributed by atoms with van der Waals surface area (Å²) in [6, 6.07) is 1.95. The van der Waals surface area contributed by atoms with Crippen molar-refractivity contribution >= 4 is 5.96 Å². The number of hydrogen-bond acceptors (Lipinski definition) is 6. The average molecular weight is 419 g/mol. The molecule has 30 heavy (non-hydrogen) atoms. The third-order valence-electron chi connectivity index (χ3n) is 6.87. The van der Waals surface area contributed by atoms with Crippen molar-refractivity contribution < 1.29 is 9.26 Å². The summed E-state index contributed by atoms with van der Waals surface area (Å²) in [6.07, 6.45) is 8.19. The number of morpholine rings is 1. The Morgan fingerprint density at radius 2 is 1.87 bits per heavy atom. The first kappa shape index (κ1) is 21.6. The van der Waals surface area contributed by atoms with E-state index in [2.05, 4.69) is 32.1 Å². The zero-order valence-electron chi connectivity index (χ0n) is 18.5. The molecule has 8 heteroatoms. The van der Waals surface area contributed by atoms with E-state index < -0.39 is 0 Å². The molecule has 0 aromatic carbocycles. The number of aromatic nitrogens is 1. The first-order valence-electron chi connectivity index (χ1n) is 11.8. The first-order chi connectivity index (χ1) is 14.8. The van der Waals surface area contributed by atoms with E-state index in [-0.39, 0.29) is 5.54 Å². The van der Waals surface area contributed by atoms with Crippen LogP contribution in [0.1, 0.15) is 44.7 Å². The predicted molar refractivity (Wildman–Crippen MR) is 118 cm³/mol. The lowest BCUT2D eigenvalue weighted by atomic mass is 9.80. The second kappa shape index (κ2) is 10.6. The minimum Gasteiger partial charge on any atom is -0.379 e. The highest BCUT2D eigenvalue weighted by molar-refractivity contribution is 5.80. The van der Waals surface area contributed by atoms with Gasteiger partial charge in [0.15, 0.2) is 5.96 Å². The highest BCUT2D eigenvalue weighted by atomic mass is 16.5. The molecule has 0 spiro atoms. The molecule has 0 amide bonds. The van der Waals surface area contributed by atoms with Gasteiger partial charge in [-0.25, -0.2) is 0 Å². The van der Waals surface area contributed by atoms with Crippen molar-refractivity contribution in [2.24, 2.45) is 4.99 Å². The SMILES string of the molecule is CCNC(=NCC1(N2CCOCC2)CCCCC1)N1CCN(Cc2ccon2)CC1. The zero-order chi connectivity index (χ0) is 20.7. The molecular weight excluding hydrogens is 380 g/mol. The Hall–Kier alpha value is -1.64. The molecule has 3 aliphatic rings. The van der Waals surface area contributed by atoms with Crippen LogP contribution in [0.25, 0.3) is 0 Å². The highest BCUT2D eigenvalue weighted by Crippen LogP contribution is 2.34. The topological polar surface area (TPSA) is 69.4 Å². The Balaban J connectivity index is 1.38. The molecule has 0 unspecified atom stereocenters. The van der Waals surface area contributed by atoms with Crippen LogP contribution in [0.3, 0.4) is 0 Å². The van der Waals surface area contributed by atoms with Gasteiger partial charge in [-0.2, -0.15) is 0 Å². The lowest BCUT2D eigenvalue weighted by Crippen LogP contribution is -2.57. The molecule has 2 aliphatic heterocycles. The summed E-state index contributed by atoms with van der Waals surface area (Å²) in [4.78, 5) is 12.8. The largest absolute Gasteiger partial charge is 0.379 e. The third-order valence-corrected chi connectivity index (χ3v) is 6.87. The fraction of sp³-hybridized carbons (Fsp3) is 0.818. The van der Waals surface area contributed by atoms with Gasteiger partial charge >= 0.3 is 0 Å². The molecule has 0 atom stereocenters. The molecule has 168 valence electrons. The van der Waals surface area contributed by atoms with Gasteiger partial charge in [0.2, 0.25) is 0 Å². The van der Waals surface area contributed by atoms with Crippen LogP contribution >= 0.6 is 0 Å². The Labute approximate surface area is 180 Å². The molecule has 3 heterocycles. The molecule has 4 rings (SSSR count). The average Bonchev–Trinajstić information content (AvgIpc) is 3.32. The van der Waals surface area contributed by atoms with Crippen LogP contribution in [0.4, 0.5) is 0 Å². The number of rotatable bonds is 6. The number of aliphatic imine (C=N–C) groups is 1. The van der Waals surface area contributed by atoms with Crippen LogP contribution in [-0.4, -0.2) is 96.9 Å². The summed E-state index contributed by atoms with van der Waals surface area (Å²) in [6.45, 7) is 12.7. The minimum absolute atomic E-state index is 0.220. The normalized spacial score (nSPS) is 24.2. The van der Waals surface area contributed by atoms with Crippen molar-refractivity contribution in [3.63, 3.8) is 0 Å². The van der Waals surface area contributed by atoms with E-state index in [0.717, 1.165) is 83.8 Å². The molecule has 1 N–H and O–H groups in total. The molecule has 1 aromatic heterocycles. The summed E-state index contributed by atoms with van der Waals surface area (Å²) >= 11 is 0. The molecule has 8 nitrogen and oxygen atoms in total. The van der Waals surface area contributed by atoms with Gasteiger partial charge in [0.1, 0.15) is 6.26 Å². The van der Waals surface area contributed by atoms with Crippen LogP contribution in [0.5, 0.6) is 0 Å². The maximum atomic E-state index is 5.63. The molecule has 1 aliphatic carbocycles. The second-order valence-corrected chi connectivity index (χ2v) is 8.81. The van der Waals surface area contributed by atoms with Crippen molar-refractivity contribution in [3.05, 3.63) is 18.0 Å². The van der Waals surface area contributed by atoms with Crippen molar-refractivity contribution in [1.82, 2.24) is 25.2 Å². The van der Waals surface area contributed by atoms with Gasteiger partial charge in [0.05, 0.1) is 25.5 Å². The van der Waals surface area contributed by atoms with Gasteiger partial charge in [0.25, 0.3) is 0 Å². The predicted octanol–water partition coefficient (Wildman–Crippen LogP) is 1.79. The number of hydrogen-bond donors (Lipinski definition) is 1. The monoisotopic (exact) mass is 418 g/mol. The zero-order valence-corrected chi connectivity index (χ0v) is 18.5. The Morgan fingerprint density at radius 1 is 1.10 bits per heavy atom. The van der Waals surface area contributed by atoms with Crippen molar-refractivity contribution in [3.8, 4) is 0 Å². The second-order valence-electron chi connectivity index (χ2n) is 8.81. The minimum atomic E-state index is 0.220. The highest BCUT2D eigenvalue weighted by Gasteiger charge is 2.38. The Kier molecular flexibility index (Phi) is 7.62. The third kappa shape index (κ3) is 5.34. The molecule has 3 fully saturated rings. The molecule has 0 radical (unpaired) electrons. The summed E-state index contributed by atoms with van der Waals surface area (Å²) in [7, 11) is 0. The van der Waals surface area contributed by atoms with Crippen LogP contribution < -0.4 is 5.32 Å². The van der Waals surface area contributed by atoms with Crippen molar-refractivity contribution in [2.75, 3.05) is 65.6 Å². The van der Waals surface area contributed by atoms with E-state index in [9.17, 15) is 0 Å². The van der Waals surface area contributed by atoms with Crippen LogP contribution in [-0.2, 0) is 11.3 Å². The number of guanidine groups is 1. The summed E-state index contributed by atoms with van der Waals surface area (Å²) < 4.78 is 10.6. The summed E-state index contributed by atoms with van der Waals surface area (Å²) in [5, 5.41) is 7.61. The standard InChI is InChI=1S/C22H38N6O2/c1-2-23-21(27-11-9-26(10-12-27)18-20-6-15-30-25-20)24-19-22(7-4-3-5-8-22)28-13-16-29-17-14-28/h6,15H,2-5,7-14,16-19H2,1H3,(H,23,24). The number of ether oxygens (including phenoxy) is 1. The van der Waals surface area contributed by atoms with Gasteiger partial charge in [0, 0.05) is 64.0 Å². The maximum absolute atomic E-state index is 5.63. The van der Waals surface area contributed by atoms with E-state index in [1.165, 1.54) is 32.1 Å². The van der Waals surface area contributed by atoms with Crippen molar-refractivity contribution in [1.29, 1.82) is 0 Å². The molecule has 1 aromatic rings. The lowest BCUT2D eigenvalue weighted by Gasteiger charge is -2.47. The van der Waals surface area contributed by atoms with E-state index >= 15 is 0 Å². The number of nitrogens with one attached hydrogen (secondary N) is 1. The first-order valence-corrected chi connectivity index (χ1v) is 11.8. The molecule has 2 saturated heterocycles. The van der Waals surface area contributed by atoms with E-state index in [1.807, 2.05) is 6.07 Å². The van der Waals surface area contributed by atoms with Crippen LogP contribution in [0.15, 0.2) is 21.8 Å². The Bertz CT molecular complexity index is 645. The number of piperazine rings is 1. The number of nitrogens with zero attached hydrogens (tertiary/aromatic N) is 5. The van der Waals surface area contributed by atoms with E-state index in [1.54, 1.807) is 6.26 Å². The van der Waals surface area contributed by atoms with Gasteiger partial charge in [-0.1, -0.05) is 24.4 Å². The van der Waals surface area contributed by atoms with E-state index in [0.29, 0.717) is 0 Å². The maximum Gasteiger partial charge on any atom is 0.194 e. The fourth-order valence-electron chi connectivity index (χ4n) is 5.14. The molecular formula is C22H38N6O2. The molecule has 0 bridgehead atoms. The Morgan fingerprint density at radius 3 is 2.53 bits per heavy atom. The van der Waals surface area contributed by atoms with Gasteiger partial charge in [-0.05, 0) is 19.8 Å². The van der Waals surface area contributed by atoms with Gasteiger partial charge < -0.3 is 19.5 Å². The van der Waals surface area contributed by atoms with Gasteiger partial charge in [-0.15, -0.1) is 0 Å². The smallest absolute Gasteiger partial charge is 0.194 e. The van der Waals surface area contributed by atoms with Crippen LogP contribution in [0.2, 0.25) is 0 Å². The van der Waals surface area contributed by atoms with Crippen LogP contribution in [0, 0.1) is 0 Å². The quantitative estimate of drug-likeness (QED) is 0.558. The van der Waals surface area contributed by atoms with Gasteiger partial charge in [-0.3, -0.25) is 14.8 Å². The van der Waals surface area contributed by atoms with Crippen molar-refractivity contribution in [2.45, 2.75) is 51.1 Å². The molecule has 1 saturated carbocycles.